The molecule has 2 heterocycles. The summed E-state index contributed by atoms with van der Waals surface area (Å²) in [5.74, 6) is 1.57. The van der Waals surface area contributed by atoms with Crippen LogP contribution in [-0.4, -0.2) is 27.8 Å². The molecule has 0 bridgehead atoms. The number of hydrogen-bond acceptors (Lipinski definition) is 4. The molecule has 5 nitrogen and oxygen atoms in total. The Morgan fingerprint density at radius 2 is 2.20 bits per heavy atom. The standard InChI is InChI=1S/C9H7N3O2.C6H4/c1-2-9(8(13)14)6-7-10-4-3-5-12(7)11-9;1-2-5-4-6(5)3-1/h1,3-6,11H,(H,13,14);1-4H. The average Bonchev–Trinajstić information content (AvgIpc) is 2.91. The maximum Gasteiger partial charge on any atom is 0.342 e. The highest BCUT2D eigenvalue weighted by Crippen LogP contribution is 2.32. The van der Waals surface area contributed by atoms with Gasteiger partial charge in [-0.1, -0.05) is 24.1 Å². The van der Waals surface area contributed by atoms with Crippen LogP contribution in [0.1, 0.15) is 0 Å². The number of hydrogen-bond donors (Lipinski definition) is 2. The molecule has 1 unspecified atom stereocenters. The van der Waals surface area contributed by atoms with Crippen LogP contribution >= 0.6 is 0 Å². The summed E-state index contributed by atoms with van der Waals surface area (Å²) in [6.07, 6.45) is 11.5. The first-order valence-electron chi connectivity index (χ1n) is 5.97. The predicted octanol–water partition coefficient (Wildman–Crippen LogP) is 1.37. The van der Waals surface area contributed by atoms with E-state index in [1.165, 1.54) is 22.2 Å². The lowest BCUT2D eigenvalue weighted by Crippen LogP contribution is -2.50. The molecule has 4 rings (SSSR count). The van der Waals surface area contributed by atoms with Crippen molar-refractivity contribution in [3.63, 3.8) is 0 Å². The molecule has 0 radical (unpaired) electrons. The molecule has 2 aliphatic heterocycles. The van der Waals surface area contributed by atoms with Gasteiger partial charge in [-0.2, -0.15) is 5.43 Å². The van der Waals surface area contributed by atoms with E-state index in [4.69, 9.17) is 11.5 Å². The molecule has 2 aliphatic carbocycles. The van der Waals surface area contributed by atoms with Crippen LogP contribution in [0, 0.1) is 12.3 Å². The Morgan fingerprint density at radius 1 is 1.45 bits per heavy atom. The summed E-state index contributed by atoms with van der Waals surface area (Å²) >= 11 is 0. The second-order valence-electron chi connectivity index (χ2n) is 4.44. The van der Waals surface area contributed by atoms with Crippen LogP contribution in [0.25, 0.3) is 11.1 Å². The number of nitrogens with zero attached hydrogens (tertiary/aromatic N) is 2. The highest BCUT2D eigenvalue weighted by Gasteiger charge is 2.42. The molecule has 98 valence electrons. The van der Waals surface area contributed by atoms with Crippen molar-refractivity contribution in [2.24, 2.45) is 4.99 Å². The molecule has 1 atom stereocenters. The van der Waals surface area contributed by atoms with Crippen LogP contribution in [-0.2, 0) is 4.79 Å². The molecule has 0 aromatic rings. The van der Waals surface area contributed by atoms with E-state index < -0.39 is 11.5 Å². The summed E-state index contributed by atoms with van der Waals surface area (Å²) in [5.41, 5.74) is 4.03. The molecule has 0 spiro atoms. The van der Waals surface area contributed by atoms with Gasteiger partial charge in [-0.25, -0.2) is 9.79 Å². The van der Waals surface area contributed by atoms with Gasteiger partial charge in [-0.05, 0) is 23.3 Å². The Labute approximate surface area is 115 Å². The number of nitrogens with one attached hydrogen (secondary N) is 1. The van der Waals surface area contributed by atoms with Crippen molar-refractivity contribution >= 4 is 12.2 Å². The van der Waals surface area contributed by atoms with E-state index in [2.05, 4.69) is 40.6 Å². The maximum absolute atomic E-state index is 10.9. The fourth-order valence-electron chi connectivity index (χ4n) is 1.92. The Morgan fingerprint density at radius 3 is 2.65 bits per heavy atom. The van der Waals surface area contributed by atoms with Gasteiger partial charge in [0.05, 0.1) is 0 Å². The monoisotopic (exact) mass is 265 g/mol. The molecular formula is C15H11N3O2. The van der Waals surface area contributed by atoms with Crippen molar-refractivity contribution in [3.05, 3.63) is 48.4 Å². The smallest absolute Gasteiger partial charge is 0.342 e. The number of aliphatic carboxylic acids is 1. The summed E-state index contributed by atoms with van der Waals surface area (Å²) in [6, 6.07) is 8.48. The molecule has 20 heavy (non-hydrogen) atoms. The number of allylic oxidation sites excluding steroid dienone is 1. The van der Waals surface area contributed by atoms with Crippen molar-refractivity contribution in [2.45, 2.75) is 5.54 Å². The second kappa shape index (κ2) is 4.37. The first kappa shape index (κ1) is 12.2. The van der Waals surface area contributed by atoms with Crippen LogP contribution in [0.4, 0.5) is 0 Å². The lowest BCUT2D eigenvalue weighted by Gasteiger charge is -2.21. The largest absolute Gasteiger partial charge is 0.479 e. The Hall–Kier alpha value is -2.84. The van der Waals surface area contributed by atoms with E-state index in [0.29, 0.717) is 5.82 Å². The van der Waals surface area contributed by atoms with E-state index in [0.717, 1.165) is 0 Å². The SMILES string of the molecule is C#CC1(C(=O)O)C=C2N=CC=CN2N1.c1cc2cc-2c1. The number of rotatable bonds is 1. The minimum atomic E-state index is -1.48. The van der Waals surface area contributed by atoms with Gasteiger partial charge in [-0.15, -0.1) is 6.42 Å². The molecule has 4 aliphatic rings. The molecule has 0 amide bonds. The topological polar surface area (TPSA) is 64.9 Å². The third-order valence-corrected chi connectivity index (χ3v) is 3.09. The van der Waals surface area contributed by atoms with Crippen LogP contribution in [0.5, 0.6) is 0 Å². The molecule has 2 N–H and O–H groups in total. The zero-order chi connectivity index (χ0) is 14.2. The first-order valence-corrected chi connectivity index (χ1v) is 5.97. The number of terminal acetylenes is 1. The molecule has 0 saturated carbocycles. The van der Waals surface area contributed by atoms with Gasteiger partial charge in [0.15, 0.2) is 0 Å². The molecular weight excluding hydrogens is 254 g/mol. The number of carbonyl (C=O) groups is 1. The molecule has 0 aromatic carbocycles. The van der Waals surface area contributed by atoms with E-state index in [-0.39, 0.29) is 0 Å². The quantitative estimate of drug-likeness (QED) is 0.764. The van der Waals surface area contributed by atoms with Gasteiger partial charge < -0.3 is 5.11 Å². The van der Waals surface area contributed by atoms with Crippen molar-refractivity contribution in [1.29, 1.82) is 0 Å². The zero-order valence-corrected chi connectivity index (χ0v) is 10.4. The summed E-state index contributed by atoms with van der Waals surface area (Å²) in [7, 11) is 0. The second-order valence-corrected chi connectivity index (χ2v) is 4.44. The average molecular weight is 265 g/mol. The van der Waals surface area contributed by atoms with E-state index in [9.17, 15) is 4.79 Å². The number of hydrazine groups is 1. The minimum Gasteiger partial charge on any atom is -0.479 e. The van der Waals surface area contributed by atoms with Gasteiger partial charge >= 0.3 is 5.97 Å². The lowest BCUT2D eigenvalue weighted by molar-refractivity contribution is -0.141. The molecule has 5 heteroatoms. The summed E-state index contributed by atoms with van der Waals surface area (Å²) in [4.78, 5) is 14.9. The fourth-order valence-corrected chi connectivity index (χ4v) is 1.92. The highest BCUT2D eigenvalue weighted by atomic mass is 16.4. The predicted molar refractivity (Wildman–Crippen MR) is 75.3 cm³/mol. The van der Waals surface area contributed by atoms with Crippen molar-refractivity contribution in [1.82, 2.24) is 10.4 Å². The Bertz CT molecular complexity index is 695. The van der Waals surface area contributed by atoms with Gasteiger partial charge in [0.1, 0.15) is 5.82 Å². The Balaban J connectivity index is 0.000000165. The van der Waals surface area contributed by atoms with Gasteiger partial charge in [0, 0.05) is 18.5 Å². The summed E-state index contributed by atoms with van der Waals surface area (Å²) in [5, 5.41) is 10.4. The van der Waals surface area contributed by atoms with Crippen LogP contribution in [0.15, 0.2) is 53.4 Å². The maximum atomic E-state index is 10.9. The zero-order valence-electron chi connectivity index (χ0n) is 10.4. The van der Waals surface area contributed by atoms with Crippen LogP contribution in [0.3, 0.4) is 0 Å². The van der Waals surface area contributed by atoms with Gasteiger partial charge in [0.25, 0.3) is 0 Å². The van der Waals surface area contributed by atoms with E-state index in [1.807, 2.05) is 0 Å². The number of fused-ring (bicyclic) bond motifs is 2. The number of aliphatic imine (C=N–C) groups is 1. The number of benzene rings is 1. The van der Waals surface area contributed by atoms with Crippen LogP contribution < -0.4 is 5.43 Å². The normalized spacial score (nSPS) is 23.1. The summed E-state index contributed by atoms with van der Waals surface area (Å²) < 4.78 is 0. The van der Waals surface area contributed by atoms with Gasteiger partial charge in [0.2, 0.25) is 5.54 Å². The third-order valence-electron chi connectivity index (χ3n) is 3.09. The van der Waals surface area contributed by atoms with E-state index in [1.54, 1.807) is 18.5 Å². The fraction of sp³-hybridized carbons (Fsp3) is 0.0667. The molecule has 0 aromatic heterocycles. The highest BCUT2D eigenvalue weighted by molar-refractivity contribution is 5.87. The van der Waals surface area contributed by atoms with Crippen molar-refractivity contribution in [3.8, 4) is 23.5 Å². The van der Waals surface area contributed by atoms with E-state index >= 15 is 0 Å². The minimum absolute atomic E-state index is 0.493. The molecule has 0 saturated heterocycles. The lowest BCUT2D eigenvalue weighted by atomic mass is 10.0. The number of carboxylic acid groups (broad SMARTS) is 1. The summed E-state index contributed by atoms with van der Waals surface area (Å²) in [6.45, 7) is 0. The molecule has 0 fully saturated rings. The Kier molecular flexibility index (Phi) is 2.67. The third kappa shape index (κ3) is 1.98. The number of carboxylic acids is 1. The van der Waals surface area contributed by atoms with Gasteiger partial charge in [-0.3, -0.25) is 5.01 Å². The van der Waals surface area contributed by atoms with Crippen LogP contribution in [0.2, 0.25) is 0 Å². The first-order chi connectivity index (χ1) is 9.64. The van der Waals surface area contributed by atoms with Crippen molar-refractivity contribution < 1.29 is 9.90 Å². The van der Waals surface area contributed by atoms with Crippen molar-refractivity contribution in [2.75, 3.05) is 0 Å².